The van der Waals surface area contributed by atoms with Gasteiger partial charge in [-0.3, -0.25) is 0 Å². The van der Waals surface area contributed by atoms with Crippen LogP contribution in [0, 0.1) is 0 Å². The van der Waals surface area contributed by atoms with Crippen LogP contribution >= 0.6 is 46.7 Å². The fourth-order valence-electron chi connectivity index (χ4n) is 1.91. The summed E-state index contributed by atoms with van der Waals surface area (Å²) in [4.78, 5) is 4.43. The third-order valence-corrected chi connectivity index (χ3v) is 5.95. The molecule has 0 saturated carbocycles. The van der Waals surface area contributed by atoms with Gasteiger partial charge >= 0.3 is 0 Å². The lowest BCUT2D eigenvalue weighted by Crippen LogP contribution is -1.78. The molecule has 4 heteroatoms. The Balaban J connectivity index is 1.81. The summed E-state index contributed by atoms with van der Waals surface area (Å²) in [6, 6.07) is 24.1. The molecule has 3 aromatic rings. The summed E-state index contributed by atoms with van der Waals surface area (Å²) in [5.41, 5.74) is 0. The Morgan fingerprint density at radius 2 is 1.00 bits per heavy atom. The Morgan fingerprint density at radius 3 is 1.45 bits per heavy atom. The smallest absolute Gasteiger partial charge is 0.0545 e. The molecule has 0 heterocycles. The Labute approximate surface area is 148 Å². The Hall–Kier alpha value is -1.06. The van der Waals surface area contributed by atoms with Gasteiger partial charge in [0.25, 0.3) is 0 Å². The molecule has 0 radical (unpaired) electrons. The first-order valence-electron chi connectivity index (χ1n) is 6.67. The molecule has 0 spiro atoms. The van der Waals surface area contributed by atoms with Crippen LogP contribution in [0.2, 0.25) is 10.0 Å². The third kappa shape index (κ3) is 4.02. The second kappa shape index (κ2) is 7.47. The minimum atomic E-state index is 0.775. The van der Waals surface area contributed by atoms with Crippen molar-refractivity contribution in [1.29, 1.82) is 0 Å². The van der Waals surface area contributed by atoms with E-state index in [1.165, 1.54) is 0 Å². The molecule has 3 rings (SSSR count). The molecule has 0 unspecified atom stereocenters. The first kappa shape index (κ1) is 15.8. The maximum absolute atomic E-state index is 6.22. The van der Waals surface area contributed by atoms with Gasteiger partial charge in [0.2, 0.25) is 0 Å². The van der Waals surface area contributed by atoms with Crippen LogP contribution in [0.5, 0.6) is 0 Å². The van der Waals surface area contributed by atoms with Crippen molar-refractivity contribution in [3.05, 3.63) is 82.8 Å². The molecule has 0 nitrogen and oxygen atoms in total. The summed E-state index contributed by atoms with van der Waals surface area (Å²) in [5, 5.41) is 1.55. The standard InChI is InChI=1S/C18H12Cl2S2/c19-15-8-1-3-10-17(15)21-13-6-5-7-14(12-13)22-18-11-4-2-9-16(18)20/h1-12H. The molecule has 0 N–H and O–H groups in total. The predicted molar refractivity (Wildman–Crippen MR) is 97.6 cm³/mol. The van der Waals surface area contributed by atoms with Crippen LogP contribution in [-0.2, 0) is 0 Å². The second-order valence-corrected chi connectivity index (χ2v) is 7.58. The average Bonchev–Trinajstić information content (AvgIpc) is 2.52. The van der Waals surface area contributed by atoms with Crippen molar-refractivity contribution in [2.75, 3.05) is 0 Å². The molecule has 110 valence electrons. The molecule has 0 fully saturated rings. The van der Waals surface area contributed by atoms with Gasteiger partial charge in [0.1, 0.15) is 0 Å². The van der Waals surface area contributed by atoms with E-state index in [-0.39, 0.29) is 0 Å². The van der Waals surface area contributed by atoms with Crippen LogP contribution in [0.4, 0.5) is 0 Å². The number of rotatable bonds is 4. The molecule has 0 aliphatic carbocycles. The van der Waals surface area contributed by atoms with Crippen LogP contribution in [0.3, 0.4) is 0 Å². The van der Waals surface area contributed by atoms with Crippen LogP contribution in [-0.4, -0.2) is 0 Å². The summed E-state index contributed by atoms with van der Waals surface area (Å²) in [6.45, 7) is 0. The van der Waals surface area contributed by atoms with E-state index in [2.05, 4.69) is 24.3 Å². The Morgan fingerprint density at radius 1 is 0.545 bits per heavy atom. The summed E-state index contributed by atoms with van der Waals surface area (Å²) in [5.74, 6) is 0. The first-order chi connectivity index (χ1) is 10.7. The molecule has 0 aromatic heterocycles. The van der Waals surface area contributed by atoms with Crippen LogP contribution in [0.15, 0.2) is 92.4 Å². The summed E-state index contributed by atoms with van der Waals surface area (Å²) >= 11 is 15.8. The fourth-order valence-corrected chi connectivity index (χ4v) is 4.28. The highest BCUT2D eigenvalue weighted by molar-refractivity contribution is 8.00. The fraction of sp³-hybridized carbons (Fsp3) is 0. The normalized spacial score (nSPS) is 10.6. The van der Waals surface area contributed by atoms with E-state index in [1.54, 1.807) is 23.5 Å². The van der Waals surface area contributed by atoms with Gasteiger partial charge in [-0.05, 0) is 42.5 Å². The molecular formula is C18H12Cl2S2. The van der Waals surface area contributed by atoms with Crippen molar-refractivity contribution < 1.29 is 0 Å². The van der Waals surface area contributed by atoms with Crippen molar-refractivity contribution >= 4 is 46.7 Å². The molecular weight excluding hydrogens is 351 g/mol. The van der Waals surface area contributed by atoms with Gasteiger partial charge in [-0.2, -0.15) is 0 Å². The van der Waals surface area contributed by atoms with Crippen LogP contribution in [0.25, 0.3) is 0 Å². The van der Waals surface area contributed by atoms with Crippen molar-refractivity contribution in [3.8, 4) is 0 Å². The zero-order chi connectivity index (χ0) is 15.4. The Kier molecular flexibility index (Phi) is 5.37. The largest absolute Gasteiger partial charge is 0.0885 e. The average molecular weight is 363 g/mol. The van der Waals surface area contributed by atoms with E-state index in [0.717, 1.165) is 29.6 Å². The lowest BCUT2D eigenvalue weighted by Gasteiger charge is -2.07. The minimum Gasteiger partial charge on any atom is -0.0885 e. The minimum absolute atomic E-state index is 0.775. The van der Waals surface area contributed by atoms with E-state index in [1.807, 2.05) is 48.5 Å². The molecule has 0 atom stereocenters. The summed E-state index contributed by atoms with van der Waals surface area (Å²) in [7, 11) is 0. The topological polar surface area (TPSA) is 0 Å². The van der Waals surface area contributed by atoms with E-state index >= 15 is 0 Å². The highest BCUT2D eigenvalue weighted by atomic mass is 35.5. The van der Waals surface area contributed by atoms with E-state index in [9.17, 15) is 0 Å². The van der Waals surface area contributed by atoms with Crippen molar-refractivity contribution in [2.45, 2.75) is 19.6 Å². The molecule has 0 saturated heterocycles. The van der Waals surface area contributed by atoms with Gasteiger partial charge in [0, 0.05) is 19.6 Å². The van der Waals surface area contributed by atoms with Gasteiger partial charge in [-0.25, -0.2) is 0 Å². The van der Waals surface area contributed by atoms with E-state index in [0.29, 0.717) is 0 Å². The van der Waals surface area contributed by atoms with E-state index < -0.39 is 0 Å². The van der Waals surface area contributed by atoms with Crippen LogP contribution in [0.1, 0.15) is 0 Å². The molecule has 0 aliphatic heterocycles. The lowest BCUT2D eigenvalue weighted by atomic mass is 10.4. The third-order valence-electron chi connectivity index (χ3n) is 2.93. The number of hydrogen-bond acceptors (Lipinski definition) is 2. The monoisotopic (exact) mass is 362 g/mol. The highest BCUT2D eigenvalue weighted by Crippen LogP contribution is 2.37. The maximum Gasteiger partial charge on any atom is 0.0545 e. The van der Waals surface area contributed by atoms with Gasteiger partial charge < -0.3 is 0 Å². The Bertz CT molecular complexity index is 725. The number of benzene rings is 3. The molecule has 0 amide bonds. The van der Waals surface area contributed by atoms with Crippen molar-refractivity contribution in [2.24, 2.45) is 0 Å². The molecule has 22 heavy (non-hydrogen) atoms. The molecule has 0 bridgehead atoms. The maximum atomic E-state index is 6.22. The van der Waals surface area contributed by atoms with Gasteiger partial charge in [-0.1, -0.05) is 77.1 Å². The zero-order valence-corrected chi connectivity index (χ0v) is 14.6. The zero-order valence-electron chi connectivity index (χ0n) is 11.5. The lowest BCUT2D eigenvalue weighted by molar-refractivity contribution is 1.31. The number of halogens is 2. The quantitative estimate of drug-likeness (QED) is 0.477. The van der Waals surface area contributed by atoms with Gasteiger partial charge in [-0.15, -0.1) is 0 Å². The molecule has 0 aliphatic rings. The van der Waals surface area contributed by atoms with Crippen molar-refractivity contribution in [1.82, 2.24) is 0 Å². The second-order valence-electron chi connectivity index (χ2n) is 4.54. The first-order valence-corrected chi connectivity index (χ1v) is 9.06. The van der Waals surface area contributed by atoms with Crippen molar-refractivity contribution in [3.63, 3.8) is 0 Å². The van der Waals surface area contributed by atoms with Gasteiger partial charge in [0.15, 0.2) is 0 Å². The summed E-state index contributed by atoms with van der Waals surface area (Å²) in [6.07, 6.45) is 0. The highest BCUT2D eigenvalue weighted by Gasteiger charge is 2.05. The van der Waals surface area contributed by atoms with Crippen LogP contribution < -0.4 is 0 Å². The summed E-state index contributed by atoms with van der Waals surface area (Å²) < 4.78 is 0. The predicted octanol–water partition coefficient (Wildman–Crippen LogP) is 7.30. The SMILES string of the molecule is Clc1ccccc1Sc1cccc(Sc2ccccc2Cl)c1. The van der Waals surface area contributed by atoms with Gasteiger partial charge in [0.05, 0.1) is 10.0 Å². The van der Waals surface area contributed by atoms with E-state index in [4.69, 9.17) is 23.2 Å². The molecule has 3 aromatic carbocycles. The number of hydrogen-bond donors (Lipinski definition) is 0.